The van der Waals surface area contributed by atoms with E-state index in [1.54, 1.807) is 0 Å². The fourth-order valence-corrected chi connectivity index (χ4v) is 8.00. The number of para-hydroxylation sites is 4. The van der Waals surface area contributed by atoms with Gasteiger partial charge in [-0.25, -0.2) is 0 Å². The van der Waals surface area contributed by atoms with E-state index < -0.39 is 0 Å². The van der Waals surface area contributed by atoms with Crippen LogP contribution < -0.4 is 4.90 Å². The Labute approximate surface area is 298 Å². The van der Waals surface area contributed by atoms with Crippen LogP contribution in [0.4, 0.5) is 17.1 Å². The monoisotopic (exact) mass is 667 g/mol. The average molecular weight is 668 g/mol. The average Bonchev–Trinajstić information content (AvgIpc) is 3.91. The molecule has 0 N–H and O–H groups in total. The molecular weight excluding hydrogens is 639 g/mol. The molecule has 244 valence electrons. The second-order valence-corrected chi connectivity index (χ2v) is 13.2. The van der Waals surface area contributed by atoms with Crippen molar-refractivity contribution in [3.63, 3.8) is 0 Å². The van der Waals surface area contributed by atoms with E-state index in [1.807, 2.05) is 36.4 Å². The maximum Gasteiger partial charge on any atom is 0.159 e. The number of anilines is 3. The Kier molecular flexibility index (Phi) is 6.22. The SMILES string of the molecule is c1ccc(-c2ccc3oc4ccccc4c3c2N(c2cccc3c2oc2ccccc23)c2ccc(-c3ccccc3)c3oc4ccccc4c23)cc1. The molecule has 0 saturated heterocycles. The maximum absolute atomic E-state index is 6.83. The highest BCUT2D eigenvalue weighted by Crippen LogP contribution is 2.53. The number of furan rings is 3. The highest BCUT2D eigenvalue weighted by molar-refractivity contribution is 6.23. The van der Waals surface area contributed by atoms with Crippen molar-refractivity contribution in [1.82, 2.24) is 0 Å². The molecule has 0 amide bonds. The highest BCUT2D eigenvalue weighted by atomic mass is 16.3. The lowest BCUT2D eigenvalue weighted by atomic mass is 9.95. The van der Waals surface area contributed by atoms with Gasteiger partial charge >= 0.3 is 0 Å². The second kappa shape index (κ2) is 11.2. The predicted molar refractivity (Wildman–Crippen MR) is 214 cm³/mol. The summed E-state index contributed by atoms with van der Waals surface area (Å²) in [6.07, 6.45) is 0. The molecule has 11 rings (SSSR count). The molecule has 8 aromatic carbocycles. The Morgan fingerprint density at radius 3 is 1.58 bits per heavy atom. The summed E-state index contributed by atoms with van der Waals surface area (Å²) in [5.74, 6) is 0. The lowest BCUT2D eigenvalue weighted by molar-refractivity contribution is 0.668. The lowest BCUT2D eigenvalue weighted by Gasteiger charge is -2.29. The Morgan fingerprint density at radius 2 is 0.846 bits per heavy atom. The first-order valence-corrected chi connectivity index (χ1v) is 17.5. The normalized spacial score (nSPS) is 11.8. The first-order chi connectivity index (χ1) is 25.8. The molecule has 4 heteroatoms. The van der Waals surface area contributed by atoms with Crippen LogP contribution in [0.25, 0.3) is 88.1 Å². The molecule has 3 aromatic heterocycles. The molecule has 0 aliphatic heterocycles. The third-order valence-corrected chi connectivity index (χ3v) is 10.3. The molecule has 52 heavy (non-hydrogen) atoms. The van der Waals surface area contributed by atoms with Crippen LogP contribution in [0, 0.1) is 0 Å². The van der Waals surface area contributed by atoms with Gasteiger partial charge in [-0.2, -0.15) is 0 Å². The van der Waals surface area contributed by atoms with Crippen LogP contribution in [0.2, 0.25) is 0 Å². The van der Waals surface area contributed by atoms with Gasteiger partial charge in [0.25, 0.3) is 0 Å². The van der Waals surface area contributed by atoms with Crippen LogP contribution in [0.1, 0.15) is 0 Å². The molecule has 0 aliphatic carbocycles. The Bertz CT molecular complexity index is 3130. The van der Waals surface area contributed by atoms with E-state index in [1.165, 1.54) is 0 Å². The van der Waals surface area contributed by atoms with E-state index >= 15 is 0 Å². The minimum Gasteiger partial charge on any atom is -0.456 e. The number of hydrogen-bond acceptors (Lipinski definition) is 4. The Balaban J connectivity index is 1.35. The van der Waals surface area contributed by atoms with Gasteiger partial charge < -0.3 is 18.2 Å². The first-order valence-electron chi connectivity index (χ1n) is 17.5. The number of rotatable bonds is 5. The summed E-state index contributed by atoms with van der Waals surface area (Å²) in [5, 5.41) is 6.26. The molecule has 3 heterocycles. The quantitative estimate of drug-likeness (QED) is 0.183. The van der Waals surface area contributed by atoms with Crippen molar-refractivity contribution >= 4 is 82.9 Å². The number of benzene rings is 8. The molecule has 0 atom stereocenters. The summed E-state index contributed by atoms with van der Waals surface area (Å²) in [5.41, 5.74) is 12.2. The van der Waals surface area contributed by atoms with Gasteiger partial charge in [0.05, 0.1) is 27.8 Å². The summed E-state index contributed by atoms with van der Waals surface area (Å²) < 4.78 is 20.2. The molecule has 0 aliphatic rings. The van der Waals surface area contributed by atoms with Gasteiger partial charge in [0.2, 0.25) is 0 Å². The van der Waals surface area contributed by atoms with Crippen molar-refractivity contribution in [2.24, 2.45) is 0 Å². The van der Waals surface area contributed by atoms with E-state index in [0.29, 0.717) is 0 Å². The minimum atomic E-state index is 0.806. The molecule has 0 saturated carbocycles. The zero-order valence-electron chi connectivity index (χ0n) is 27.9. The van der Waals surface area contributed by atoms with Gasteiger partial charge in [0.1, 0.15) is 27.9 Å². The summed E-state index contributed by atoms with van der Waals surface area (Å²) in [7, 11) is 0. The van der Waals surface area contributed by atoms with Crippen molar-refractivity contribution < 1.29 is 13.3 Å². The van der Waals surface area contributed by atoms with Crippen molar-refractivity contribution in [3.05, 3.63) is 176 Å². The standard InChI is InChI=1S/C48H29NO3/c1-3-14-30(15-4-1)32-27-29-43-45(37-20-9-11-24-41(37)50-43)46(32)49(39-22-13-21-35-34-18-7-10-23-40(34)51-47(35)39)38-28-26-33(31-16-5-2-6-17-31)48-44(38)36-19-8-12-25-42(36)52-48/h1-29H. The van der Waals surface area contributed by atoms with Gasteiger partial charge in [0, 0.05) is 32.7 Å². The van der Waals surface area contributed by atoms with Crippen LogP contribution in [-0.2, 0) is 0 Å². The molecule has 0 bridgehead atoms. The Hall–Kier alpha value is -7.04. The zero-order chi connectivity index (χ0) is 34.2. The predicted octanol–water partition coefficient (Wildman–Crippen LogP) is 14.2. The highest BCUT2D eigenvalue weighted by Gasteiger charge is 2.29. The fraction of sp³-hybridized carbons (Fsp3) is 0. The van der Waals surface area contributed by atoms with Crippen LogP contribution in [-0.4, -0.2) is 0 Å². The Morgan fingerprint density at radius 1 is 0.308 bits per heavy atom. The van der Waals surface area contributed by atoms with E-state index in [0.717, 1.165) is 105 Å². The van der Waals surface area contributed by atoms with Crippen molar-refractivity contribution in [2.75, 3.05) is 4.90 Å². The van der Waals surface area contributed by atoms with Gasteiger partial charge in [-0.1, -0.05) is 127 Å². The van der Waals surface area contributed by atoms with E-state index in [2.05, 4.69) is 144 Å². The molecule has 0 radical (unpaired) electrons. The molecule has 0 spiro atoms. The topological polar surface area (TPSA) is 42.7 Å². The third-order valence-electron chi connectivity index (χ3n) is 10.3. The summed E-state index contributed by atoms with van der Waals surface area (Å²) in [6, 6.07) is 61.1. The smallest absolute Gasteiger partial charge is 0.159 e. The van der Waals surface area contributed by atoms with E-state index in [-0.39, 0.29) is 0 Å². The lowest BCUT2D eigenvalue weighted by Crippen LogP contribution is -2.12. The summed E-state index contributed by atoms with van der Waals surface area (Å²) in [4.78, 5) is 2.39. The molecule has 0 unspecified atom stereocenters. The first kappa shape index (κ1) is 28.8. The van der Waals surface area contributed by atoms with Gasteiger partial charge in [-0.3, -0.25) is 0 Å². The maximum atomic E-state index is 6.83. The van der Waals surface area contributed by atoms with Gasteiger partial charge in [-0.15, -0.1) is 0 Å². The van der Waals surface area contributed by atoms with Crippen LogP contribution >= 0.6 is 0 Å². The third kappa shape index (κ3) is 4.21. The van der Waals surface area contributed by atoms with Crippen molar-refractivity contribution in [3.8, 4) is 22.3 Å². The van der Waals surface area contributed by atoms with Gasteiger partial charge in [-0.05, 0) is 59.7 Å². The van der Waals surface area contributed by atoms with E-state index in [4.69, 9.17) is 13.3 Å². The second-order valence-electron chi connectivity index (χ2n) is 13.2. The van der Waals surface area contributed by atoms with Gasteiger partial charge in [0.15, 0.2) is 5.58 Å². The molecular formula is C48H29NO3. The van der Waals surface area contributed by atoms with Crippen molar-refractivity contribution in [2.45, 2.75) is 0 Å². The van der Waals surface area contributed by atoms with Crippen LogP contribution in [0.15, 0.2) is 189 Å². The zero-order valence-corrected chi connectivity index (χ0v) is 27.9. The summed E-state index contributed by atoms with van der Waals surface area (Å²) >= 11 is 0. The van der Waals surface area contributed by atoms with Crippen LogP contribution in [0.5, 0.6) is 0 Å². The molecule has 4 nitrogen and oxygen atoms in total. The minimum absolute atomic E-state index is 0.806. The van der Waals surface area contributed by atoms with Crippen LogP contribution in [0.3, 0.4) is 0 Å². The largest absolute Gasteiger partial charge is 0.456 e. The molecule has 11 aromatic rings. The van der Waals surface area contributed by atoms with E-state index in [9.17, 15) is 0 Å². The number of nitrogens with zero attached hydrogens (tertiary/aromatic N) is 1. The number of hydrogen-bond donors (Lipinski definition) is 0. The fourth-order valence-electron chi connectivity index (χ4n) is 8.00. The molecule has 0 fully saturated rings. The number of fused-ring (bicyclic) bond motifs is 9. The van der Waals surface area contributed by atoms with Crippen molar-refractivity contribution in [1.29, 1.82) is 0 Å². The summed E-state index contributed by atoms with van der Waals surface area (Å²) in [6.45, 7) is 0.